The lowest BCUT2D eigenvalue weighted by Crippen LogP contribution is -2.40. The van der Waals surface area contributed by atoms with Crippen LogP contribution in [0, 0.1) is 17.1 Å². The van der Waals surface area contributed by atoms with E-state index in [1.165, 1.54) is 16.7 Å². The average molecular weight is 817 g/mol. The first-order valence-corrected chi connectivity index (χ1v) is 20.0. The van der Waals surface area contributed by atoms with Crippen molar-refractivity contribution < 1.29 is 14.0 Å². The van der Waals surface area contributed by atoms with Crippen LogP contribution in [0.5, 0.6) is 0 Å². The molecule has 1 aliphatic rings. The van der Waals surface area contributed by atoms with Crippen molar-refractivity contribution in [3.05, 3.63) is 109 Å². The minimum Gasteiger partial charge on any atom is -0.368 e. The van der Waals surface area contributed by atoms with Crippen LogP contribution in [-0.2, 0) is 11.2 Å². The summed E-state index contributed by atoms with van der Waals surface area (Å²) in [6.45, 7) is 8.81. The van der Waals surface area contributed by atoms with E-state index in [2.05, 4.69) is 26.9 Å². The van der Waals surface area contributed by atoms with Crippen LogP contribution in [0.3, 0.4) is 0 Å². The van der Waals surface area contributed by atoms with Crippen molar-refractivity contribution in [1.82, 2.24) is 9.80 Å². The monoisotopic (exact) mass is 814 g/mol. The topological polar surface area (TPSA) is 90.4 Å². The van der Waals surface area contributed by atoms with Crippen molar-refractivity contribution in [2.24, 2.45) is 5.73 Å². The summed E-state index contributed by atoms with van der Waals surface area (Å²) in [4.78, 5) is 30.6. The molecule has 0 saturated carbocycles. The SMILES string of the molecule is CC.CCc1c(C#N)cc2ccccc2c1C(=O)N(CCCCN1CCC(c2cc(Br)c(SC)cc2F)CC1)CC(N)=O.Clc1ccccc1Cl. The van der Waals surface area contributed by atoms with Gasteiger partial charge in [0.25, 0.3) is 5.91 Å². The van der Waals surface area contributed by atoms with Gasteiger partial charge in [0.1, 0.15) is 5.82 Å². The molecule has 51 heavy (non-hydrogen) atoms. The predicted molar refractivity (Wildman–Crippen MR) is 214 cm³/mol. The molecule has 0 bridgehead atoms. The number of halogens is 4. The molecule has 4 aromatic carbocycles. The van der Waals surface area contributed by atoms with E-state index in [1.54, 1.807) is 18.2 Å². The van der Waals surface area contributed by atoms with Crippen LogP contribution >= 0.6 is 50.9 Å². The van der Waals surface area contributed by atoms with Crippen LogP contribution < -0.4 is 5.73 Å². The number of nitrogens with two attached hydrogens (primary N) is 1. The molecule has 272 valence electrons. The Morgan fingerprint density at radius 3 is 2.24 bits per heavy atom. The fourth-order valence-electron chi connectivity index (χ4n) is 6.26. The number of carbonyl (C=O) groups excluding carboxylic acids is 2. The number of hydrogen-bond donors (Lipinski definition) is 1. The number of thioether (sulfide) groups is 1. The van der Waals surface area contributed by atoms with Crippen LogP contribution in [0.1, 0.15) is 79.4 Å². The maximum absolute atomic E-state index is 14.7. The Morgan fingerprint density at radius 2 is 1.67 bits per heavy atom. The molecule has 6 nitrogen and oxygen atoms in total. The lowest BCUT2D eigenvalue weighted by molar-refractivity contribution is -0.118. The molecule has 0 aromatic heterocycles. The number of benzene rings is 4. The summed E-state index contributed by atoms with van der Waals surface area (Å²) in [6.07, 6.45) is 5.84. The molecule has 1 aliphatic heterocycles. The predicted octanol–water partition coefficient (Wildman–Crippen LogP) is 10.5. The number of fused-ring (bicyclic) bond motifs is 1. The Labute approximate surface area is 324 Å². The summed E-state index contributed by atoms with van der Waals surface area (Å²) in [5.41, 5.74) is 7.98. The van der Waals surface area contributed by atoms with Crippen LogP contribution in [0.15, 0.2) is 76.1 Å². The smallest absolute Gasteiger partial charge is 0.255 e. The zero-order valence-corrected chi connectivity index (χ0v) is 33.6. The van der Waals surface area contributed by atoms with Crippen molar-refractivity contribution in [2.45, 2.75) is 63.7 Å². The summed E-state index contributed by atoms with van der Waals surface area (Å²) in [5.74, 6) is -0.762. The van der Waals surface area contributed by atoms with Gasteiger partial charge < -0.3 is 15.5 Å². The van der Waals surface area contributed by atoms with E-state index in [0.29, 0.717) is 46.1 Å². The van der Waals surface area contributed by atoms with Gasteiger partial charge in [0.2, 0.25) is 5.91 Å². The number of rotatable bonds is 11. The van der Waals surface area contributed by atoms with Gasteiger partial charge in [0.15, 0.2) is 0 Å². The number of carbonyl (C=O) groups is 2. The average Bonchev–Trinajstić information content (AvgIpc) is 3.14. The van der Waals surface area contributed by atoms with E-state index in [9.17, 15) is 19.2 Å². The largest absolute Gasteiger partial charge is 0.368 e. The van der Waals surface area contributed by atoms with Gasteiger partial charge in [0.05, 0.1) is 33.8 Å². The molecule has 11 heteroatoms. The lowest BCUT2D eigenvalue weighted by Gasteiger charge is -2.32. The Hall–Kier alpha value is -3.13. The maximum Gasteiger partial charge on any atom is 0.255 e. The highest BCUT2D eigenvalue weighted by molar-refractivity contribution is 9.10. The molecule has 1 heterocycles. The highest BCUT2D eigenvalue weighted by Crippen LogP contribution is 2.36. The molecule has 5 rings (SSSR count). The van der Waals surface area contributed by atoms with Gasteiger partial charge in [-0.25, -0.2) is 4.39 Å². The van der Waals surface area contributed by atoms with Gasteiger partial charge in [-0.15, -0.1) is 11.8 Å². The summed E-state index contributed by atoms with van der Waals surface area (Å²) >= 11 is 16.3. The Morgan fingerprint density at radius 1 is 1.04 bits per heavy atom. The summed E-state index contributed by atoms with van der Waals surface area (Å²) in [6, 6.07) is 22.3. The van der Waals surface area contributed by atoms with E-state index < -0.39 is 5.91 Å². The third-order valence-corrected chi connectivity index (χ3v) is 11.2. The molecule has 0 radical (unpaired) electrons. The second-order valence-electron chi connectivity index (χ2n) is 11.9. The van der Waals surface area contributed by atoms with E-state index in [-0.39, 0.29) is 24.2 Å². The molecule has 2 amide bonds. The second-order valence-corrected chi connectivity index (χ2v) is 14.4. The molecular formula is C40H46BrCl2FN4O2S. The number of nitrogens with zero attached hydrogens (tertiary/aromatic N) is 3. The number of primary amides is 1. The maximum atomic E-state index is 14.7. The summed E-state index contributed by atoms with van der Waals surface area (Å²) < 4.78 is 15.7. The highest BCUT2D eigenvalue weighted by atomic mass is 79.9. The number of likely N-dealkylation sites (tertiary alicyclic amines) is 1. The molecule has 4 aromatic rings. The van der Waals surface area contributed by atoms with E-state index in [4.69, 9.17) is 28.9 Å². The first-order chi connectivity index (χ1) is 24.6. The second kappa shape index (κ2) is 21.4. The molecule has 0 unspecified atom stereocenters. The van der Waals surface area contributed by atoms with Crippen LogP contribution in [-0.4, -0.2) is 60.6 Å². The first-order valence-electron chi connectivity index (χ1n) is 17.2. The summed E-state index contributed by atoms with van der Waals surface area (Å²) in [7, 11) is 0. The fourth-order valence-corrected chi connectivity index (χ4v) is 7.85. The van der Waals surface area contributed by atoms with Gasteiger partial charge in [-0.3, -0.25) is 9.59 Å². The molecule has 2 N–H and O–H groups in total. The van der Waals surface area contributed by atoms with Crippen LogP contribution in [0.4, 0.5) is 4.39 Å². The highest BCUT2D eigenvalue weighted by Gasteiger charge is 2.26. The van der Waals surface area contributed by atoms with Gasteiger partial charge in [-0.2, -0.15) is 5.26 Å². The standard InChI is InChI=1S/C32H36BrFN4O2S.C6H4Cl2.C2H6/c1-3-24-23(19-35)16-22-8-4-5-9-25(22)31(24)32(40)38(20-30(36)39)13-7-6-12-37-14-10-21(11-15-37)26-17-27(33)29(41-2)18-28(26)34;7-5-3-1-2-4-6(5)8;1-2/h4-5,8-9,16-18,21H,3,6-7,10-15,20H2,1-2H3,(H2,36,39);1-4H;1-2H3. The zero-order valence-electron chi connectivity index (χ0n) is 29.7. The number of nitriles is 1. The van der Waals surface area contributed by atoms with Crippen molar-refractivity contribution in [3.63, 3.8) is 0 Å². The molecule has 0 spiro atoms. The van der Waals surface area contributed by atoms with E-state index >= 15 is 0 Å². The first kappa shape index (κ1) is 42.3. The number of unbranched alkanes of at least 4 members (excludes halogenated alkanes) is 1. The molecule has 0 atom stereocenters. The van der Waals surface area contributed by atoms with Crippen molar-refractivity contribution in [3.8, 4) is 6.07 Å². The zero-order chi connectivity index (χ0) is 37.5. The van der Waals surface area contributed by atoms with Crippen LogP contribution in [0.25, 0.3) is 10.8 Å². The Balaban J connectivity index is 0.000000610. The van der Waals surface area contributed by atoms with E-state index in [1.807, 2.05) is 75.6 Å². The number of hydrogen-bond acceptors (Lipinski definition) is 5. The Kier molecular flexibility index (Phi) is 17.8. The Bertz CT molecular complexity index is 1810. The molecule has 0 aliphatic carbocycles. The molecule has 1 fully saturated rings. The lowest BCUT2D eigenvalue weighted by atomic mass is 9.89. The molecule has 1 saturated heterocycles. The number of amides is 2. The van der Waals surface area contributed by atoms with Crippen molar-refractivity contribution in [1.29, 1.82) is 5.26 Å². The summed E-state index contributed by atoms with van der Waals surface area (Å²) in [5, 5.41) is 12.6. The van der Waals surface area contributed by atoms with Crippen molar-refractivity contribution >= 4 is 73.5 Å². The minimum atomic E-state index is -0.566. The van der Waals surface area contributed by atoms with Gasteiger partial charge in [0, 0.05) is 15.9 Å². The normalized spacial score (nSPS) is 13.0. The number of piperidine rings is 1. The quantitative estimate of drug-likeness (QED) is 0.120. The third kappa shape index (κ3) is 11.7. The fraction of sp³-hybridized carbons (Fsp3) is 0.375. The van der Waals surface area contributed by atoms with Crippen LogP contribution in [0.2, 0.25) is 10.0 Å². The van der Waals surface area contributed by atoms with Gasteiger partial charge >= 0.3 is 0 Å². The van der Waals surface area contributed by atoms with Crippen molar-refractivity contribution in [2.75, 3.05) is 39.0 Å². The van der Waals surface area contributed by atoms with Gasteiger partial charge in [-0.1, -0.05) is 80.4 Å². The van der Waals surface area contributed by atoms with E-state index in [0.717, 1.165) is 64.6 Å². The van der Waals surface area contributed by atoms with Gasteiger partial charge in [-0.05, 0) is 132 Å². The minimum absolute atomic E-state index is 0.130. The third-order valence-electron chi connectivity index (χ3n) is 8.75. The molecular weight excluding hydrogens is 770 g/mol.